The first kappa shape index (κ1) is 20.0. The average molecular weight is 516 g/mol. The number of nitrogens with one attached hydrogen (secondary N) is 1. The van der Waals surface area contributed by atoms with Crippen molar-refractivity contribution < 1.29 is 14.3 Å². The van der Waals surface area contributed by atoms with E-state index in [1.807, 2.05) is 18.2 Å². The highest BCUT2D eigenvalue weighted by Crippen LogP contribution is 2.24. The fourth-order valence-electron chi connectivity index (χ4n) is 3.02. The monoisotopic (exact) mass is 516 g/mol. The molecule has 0 fully saturated rings. The maximum atomic E-state index is 12.6. The van der Waals surface area contributed by atoms with Gasteiger partial charge in [0.2, 0.25) is 0 Å². The molecule has 0 saturated heterocycles. The Kier molecular flexibility index (Phi) is 5.48. The van der Waals surface area contributed by atoms with Crippen molar-refractivity contribution in [3.8, 4) is 11.3 Å². The van der Waals surface area contributed by atoms with Crippen molar-refractivity contribution in [3.63, 3.8) is 0 Å². The Balaban J connectivity index is 1.67. The standard InChI is InChI=1S/C20H17IN6O3/c1-3-30-20(29)14-10-23-27-16(7-8-22-18(14)27)12-5-4-6-13(9-12)24-19(28)17-15(21)11-26(2)25-17/h4-11H,3H2,1-2H3,(H,24,28). The minimum absolute atomic E-state index is 0.271. The number of nitrogens with zero attached hydrogens (tertiary/aromatic N) is 5. The van der Waals surface area contributed by atoms with E-state index >= 15 is 0 Å². The second-order valence-corrected chi connectivity index (χ2v) is 7.54. The molecule has 0 radical (unpaired) electrons. The lowest BCUT2D eigenvalue weighted by atomic mass is 10.1. The molecule has 0 aliphatic heterocycles. The second kappa shape index (κ2) is 8.22. The smallest absolute Gasteiger partial charge is 0.343 e. The van der Waals surface area contributed by atoms with Gasteiger partial charge in [0.15, 0.2) is 11.3 Å². The van der Waals surface area contributed by atoms with Crippen LogP contribution in [0.25, 0.3) is 16.9 Å². The van der Waals surface area contributed by atoms with Crippen LogP contribution in [0.3, 0.4) is 0 Å². The van der Waals surface area contributed by atoms with Gasteiger partial charge in [-0.25, -0.2) is 14.3 Å². The maximum Gasteiger partial charge on any atom is 0.343 e. The summed E-state index contributed by atoms with van der Waals surface area (Å²) in [5, 5.41) is 11.4. The molecule has 0 aliphatic carbocycles. The van der Waals surface area contributed by atoms with E-state index in [4.69, 9.17) is 4.74 Å². The highest BCUT2D eigenvalue weighted by molar-refractivity contribution is 14.1. The molecular formula is C20H17IN6O3. The molecule has 3 aromatic heterocycles. The zero-order valence-electron chi connectivity index (χ0n) is 16.2. The third kappa shape index (κ3) is 3.77. The van der Waals surface area contributed by atoms with Gasteiger partial charge in [-0.15, -0.1) is 0 Å². The Hall–Kier alpha value is -3.28. The molecule has 4 aromatic rings. The van der Waals surface area contributed by atoms with E-state index in [1.54, 1.807) is 47.7 Å². The number of hydrogen-bond donors (Lipinski definition) is 1. The van der Waals surface area contributed by atoms with Crippen molar-refractivity contribution in [1.29, 1.82) is 0 Å². The van der Waals surface area contributed by atoms with Crippen LogP contribution in [-0.2, 0) is 11.8 Å². The lowest BCUT2D eigenvalue weighted by Gasteiger charge is -2.08. The summed E-state index contributed by atoms with van der Waals surface area (Å²) in [5.41, 5.74) is 3.20. The maximum absolute atomic E-state index is 12.6. The molecule has 30 heavy (non-hydrogen) atoms. The van der Waals surface area contributed by atoms with Crippen molar-refractivity contribution >= 4 is 45.8 Å². The van der Waals surface area contributed by atoms with Crippen molar-refractivity contribution in [2.45, 2.75) is 6.92 Å². The third-order valence-corrected chi connectivity index (χ3v) is 5.10. The molecule has 152 valence electrons. The quantitative estimate of drug-likeness (QED) is 0.323. The molecule has 1 amide bonds. The van der Waals surface area contributed by atoms with E-state index in [-0.39, 0.29) is 12.5 Å². The molecular weight excluding hydrogens is 499 g/mol. The van der Waals surface area contributed by atoms with Crippen LogP contribution >= 0.6 is 22.6 Å². The predicted molar refractivity (Wildman–Crippen MR) is 118 cm³/mol. The number of ether oxygens (including phenoxy) is 1. The minimum Gasteiger partial charge on any atom is -0.462 e. The first-order valence-corrected chi connectivity index (χ1v) is 10.2. The highest BCUT2D eigenvalue weighted by atomic mass is 127. The van der Waals surface area contributed by atoms with Crippen molar-refractivity contribution in [1.82, 2.24) is 24.4 Å². The number of esters is 1. The van der Waals surface area contributed by atoms with Gasteiger partial charge in [-0.3, -0.25) is 9.48 Å². The van der Waals surface area contributed by atoms with E-state index in [0.29, 0.717) is 22.6 Å². The normalized spacial score (nSPS) is 10.9. The minimum atomic E-state index is -0.469. The molecule has 0 bridgehead atoms. The van der Waals surface area contributed by atoms with E-state index in [2.05, 4.69) is 43.1 Å². The zero-order valence-corrected chi connectivity index (χ0v) is 18.3. The fourth-order valence-corrected chi connectivity index (χ4v) is 3.78. The van der Waals surface area contributed by atoms with Gasteiger partial charge in [0, 0.05) is 30.7 Å². The van der Waals surface area contributed by atoms with Gasteiger partial charge in [-0.2, -0.15) is 10.2 Å². The first-order valence-electron chi connectivity index (χ1n) is 9.08. The van der Waals surface area contributed by atoms with Crippen molar-refractivity contribution in [3.05, 3.63) is 63.7 Å². The van der Waals surface area contributed by atoms with Crippen molar-refractivity contribution in [2.24, 2.45) is 7.05 Å². The van der Waals surface area contributed by atoms with Crippen LogP contribution in [-0.4, -0.2) is 42.9 Å². The van der Waals surface area contributed by atoms with Crippen LogP contribution in [0, 0.1) is 3.57 Å². The van der Waals surface area contributed by atoms with Gasteiger partial charge in [0.25, 0.3) is 5.91 Å². The second-order valence-electron chi connectivity index (χ2n) is 6.38. The van der Waals surface area contributed by atoms with Crippen LogP contribution in [0.2, 0.25) is 0 Å². The summed E-state index contributed by atoms with van der Waals surface area (Å²) in [6.45, 7) is 2.01. The lowest BCUT2D eigenvalue weighted by molar-refractivity contribution is 0.0528. The molecule has 4 rings (SSSR count). The molecule has 10 heteroatoms. The lowest BCUT2D eigenvalue weighted by Crippen LogP contribution is -2.14. The number of aryl methyl sites for hydroxylation is 1. The van der Waals surface area contributed by atoms with Crippen LogP contribution in [0.4, 0.5) is 5.69 Å². The Morgan fingerprint density at radius 3 is 2.83 bits per heavy atom. The number of fused-ring (bicyclic) bond motifs is 1. The Morgan fingerprint density at radius 2 is 2.10 bits per heavy atom. The van der Waals surface area contributed by atoms with Crippen LogP contribution in [0.15, 0.2) is 48.9 Å². The van der Waals surface area contributed by atoms with Gasteiger partial charge >= 0.3 is 5.97 Å². The van der Waals surface area contributed by atoms with E-state index in [9.17, 15) is 9.59 Å². The summed E-state index contributed by atoms with van der Waals surface area (Å²) >= 11 is 2.08. The number of anilines is 1. The topological polar surface area (TPSA) is 103 Å². The summed E-state index contributed by atoms with van der Waals surface area (Å²) in [5.74, 6) is -0.760. The third-order valence-electron chi connectivity index (χ3n) is 4.31. The molecule has 9 nitrogen and oxygen atoms in total. The summed E-state index contributed by atoms with van der Waals surface area (Å²) < 4.78 is 9.01. The van der Waals surface area contributed by atoms with E-state index < -0.39 is 5.97 Å². The van der Waals surface area contributed by atoms with Crippen LogP contribution in [0.1, 0.15) is 27.8 Å². The summed E-state index contributed by atoms with van der Waals surface area (Å²) in [6.07, 6.45) is 4.83. The molecule has 3 heterocycles. The van der Waals surface area contributed by atoms with Gasteiger partial charge in [-0.05, 0) is 47.7 Å². The number of aromatic nitrogens is 5. The number of rotatable bonds is 5. The molecule has 0 saturated carbocycles. The first-order chi connectivity index (χ1) is 14.5. The van der Waals surface area contributed by atoms with Gasteiger partial charge in [0.05, 0.1) is 22.1 Å². The zero-order chi connectivity index (χ0) is 21.3. The number of halogens is 1. The number of carbonyl (C=O) groups excluding carboxylic acids is 2. The summed E-state index contributed by atoms with van der Waals surface area (Å²) in [4.78, 5) is 29.0. The van der Waals surface area contributed by atoms with Gasteiger partial charge < -0.3 is 10.1 Å². The largest absolute Gasteiger partial charge is 0.462 e. The number of hydrogen-bond acceptors (Lipinski definition) is 6. The van der Waals surface area contributed by atoms with Crippen molar-refractivity contribution in [2.75, 3.05) is 11.9 Å². The SMILES string of the molecule is CCOC(=O)c1cnn2c(-c3cccc(NC(=O)c4nn(C)cc4I)c3)ccnc12. The van der Waals surface area contributed by atoms with Gasteiger partial charge in [-0.1, -0.05) is 12.1 Å². The highest BCUT2D eigenvalue weighted by Gasteiger charge is 2.18. The number of amides is 1. The fraction of sp³-hybridized carbons (Fsp3) is 0.150. The molecule has 1 N–H and O–H groups in total. The van der Waals surface area contributed by atoms with E-state index in [1.165, 1.54) is 6.20 Å². The molecule has 0 aliphatic rings. The molecule has 0 atom stereocenters. The Labute approximate surface area is 185 Å². The van der Waals surface area contributed by atoms with Crippen LogP contribution < -0.4 is 5.32 Å². The molecule has 0 unspecified atom stereocenters. The Bertz CT molecular complexity index is 1260. The number of benzene rings is 1. The number of carbonyl (C=O) groups is 2. The summed E-state index contributed by atoms with van der Waals surface area (Å²) in [7, 11) is 1.77. The van der Waals surface area contributed by atoms with Gasteiger partial charge in [0.1, 0.15) is 5.56 Å². The molecule has 1 aromatic carbocycles. The summed E-state index contributed by atoms with van der Waals surface area (Å²) in [6, 6.07) is 9.13. The average Bonchev–Trinajstić information content (AvgIpc) is 3.31. The Morgan fingerprint density at radius 1 is 1.27 bits per heavy atom. The van der Waals surface area contributed by atoms with Crippen LogP contribution in [0.5, 0.6) is 0 Å². The molecule has 0 spiro atoms. The predicted octanol–water partition coefficient (Wildman–Crippen LogP) is 3.16. The van der Waals surface area contributed by atoms with E-state index in [0.717, 1.165) is 14.8 Å².